The highest BCUT2D eigenvalue weighted by atomic mass is 32.1. The number of rotatable bonds is 16. The second kappa shape index (κ2) is 18.9. The predicted molar refractivity (Wildman–Crippen MR) is 219 cm³/mol. The number of methoxy groups -OCH3 is 2. The largest absolute Gasteiger partial charge is 0.453 e. The summed E-state index contributed by atoms with van der Waals surface area (Å²) >= 11 is 1.70. The van der Waals surface area contributed by atoms with Gasteiger partial charge in [-0.2, -0.15) is 0 Å². The van der Waals surface area contributed by atoms with E-state index in [4.69, 9.17) is 4.74 Å². The quantitative estimate of drug-likeness (QED) is 0.0792. The van der Waals surface area contributed by atoms with Crippen molar-refractivity contribution in [3.05, 3.63) is 108 Å². The van der Waals surface area contributed by atoms with Crippen LogP contribution in [-0.2, 0) is 32.2 Å². The highest BCUT2D eigenvalue weighted by Gasteiger charge is 2.28. The Kier molecular flexibility index (Phi) is 13.3. The first-order valence-corrected chi connectivity index (χ1v) is 19.5. The Bertz CT molecular complexity index is 2300. The lowest BCUT2D eigenvalue weighted by molar-refractivity contribution is -0.134. The van der Waals surface area contributed by atoms with Crippen LogP contribution >= 0.6 is 11.3 Å². The molecule has 57 heavy (non-hydrogen) atoms. The lowest BCUT2D eigenvalue weighted by atomic mass is 10.1. The van der Waals surface area contributed by atoms with Gasteiger partial charge in [0, 0.05) is 28.2 Å². The van der Waals surface area contributed by atoms with Gasteiger partial charge in [-0.15, -0.1) is 11.3 Å². The van der Waals surface area contributed by atoms with Gasteiger partial charge in [0.05, 0.1) is 51.1 Å². The Morgan fingerprint density at radius 1 is 0.737 bits per heavy atom. The lowest BCUT2D eigenvalue weighted by Gasteiger charge is -2.27. The molecule has 15 heteroatoms. The number of benzene rings is 3. The van der Waals surface area contributed by atoms with Gasteiger partial charge in [0.15, 0.2) is 0 Å². The number of fused-ring (bicyclic) bond motifs is 1. The molecule has 0 saturated carbocycles. The first kappa shape index (κ1) is 40.2. The molecule has 0 spiro atoms. The van der Waals surface area contributed by atoms with Crippen molar-refractivity contribution in [2.24, 2.45) is 0 Å². The van der Waals surface area contributed by atoms with Gasteiger partial charge in [0.2, 0.25) is 11.8 Å². The predicted octanol–water partition coefficient (Wildman–Crippen LogP) is 7.28. The number of carbonyl (C=O) groups is 4. The second-order valence-corrected chi connectivity index (χ2v) is 14.4. The summed E-state index contributed by atoms with van der Waals surface area (Å²) in [6, 6.07) is 24.9. The zero-order valence-corrected chi connectivity index (χ0v) is 33.2. The van der Waals surface area contributed by atoms with E-state index >= 15 is 0 Å². The molecule has 0 aliphatic heterocycles. The molecule has 0 radical (unpaired) electrons. The van der Waals surface area contributed by atoms with E-state index in [-0.39, 0.29) is 24.9 Å². The van der Waals surface area contributed by atoms with Crippen LogP contribution in [0.4, 0.5) is 9.59 Å². The molecule has 296 valence electrons. The van der Waals surface area contributed by atoms with Crippen LogP contribution < -0.4 is 10.6 Å². The van der Waals surface area contributed by atoms with E-state index in [0.717, 1.165) is 55.9 Å². The molecule has 0 saturated heterocycles. The summed E-state index contributed by atoms with van der Waals surface area (Å²) in [6.07, 6.45) is 3.70. The third kappa shape index (κ3) is 10.0. The number of ether oxygens (including phenoxy) is 2. The summed E-state index contributed by atoms with van der Waals surface area (Å²) in [5, 5.41) is 6.26. The highest BCUT2D eigenvalue weighted by Crippen LogP contribution is 2.36. The molecule has 3 aromatic heterocycles. The molecule has 6 aromatic rings. The van der Waals surface area contributed by atoms with Crippen LogP contribution in [0.15, 0.2) is 91.3 Å². The monoisotopic (exact) mass is 790 g/mol. The topological polar surface area (TPSA) is 175 Å². The number of H-pyrrole nitrogens is 2. The average molecular weight is 791 g/mol. The molecule has 1 atom stereocenters. The van der Waals surface area contributed by atoms with Gasteiger partial charge in [0.1, 0.15) is 24.2 Å². The Balaban J connectivity index is 1.12. The van der Waals surface area contributed by atoms with Gasteiger partial charge >= 0.3 is 12.2 Å². The van der Waals surface area contributed by atoms with E-state index in [1.165, 1.54) is 14.2 Å². The van der Waals surface area contributed by atoms with Crippen molar-refractivity contribution >= 4 is 45.4 Å². The Morgan fingerprint density at radius 2 is 1.33 bits per heavy atom. The maximum absolute atomic E-state index is 13.8. The molecule has 14 nitrogen and oxygen atoms in total. The van der Waals surface area contributed by atoms with Crippen LogP contribution in [0.2, 0.25) is 0 Å². The van der Waals surface area contributed by atoms with Crippen molar-refractivity contribution in [1.82, 2.24) is 40.4 Å². The van der Waals surface area contributed by atoms with Crippen LogP contribution in [0.3, 0.4) is 0 Å². The van der Waals surface area contributed by atoms with Crippen LogP contribution in [0.5, 0.6) is 0 Å². The van der Waals surface area contributed by atoms with E-state index in [1.807, 2.05) is 44.2 Å². The minimum absolute atomic E-state index is 0.150. The number of hydrogen-bond acceptors (Lipinski definition) is 9. The molecule has 0 fully saturated rings. The van der Waals surface area contributed by atoms with Crippen molar-refractivity contribution in [3.8, 4) is 33.0 Å². The first-order valence-electron chi connectivity index (χ1n) is 18.7. The molecule has 0 aliphatic rings. The summed E-state index contributed by atoms with van der Waals surface area (Å²) in [7, 11) is 2.53. The molecule has 0 unspecified atom stereocenters. The molecule has 0 bridgehead atoms. The fraction of sp³-hybridized carbons (Fsp3) is 0.286. The van der Waals surface area contributed by atoms with Crippen molar-refractivity contribution in [3.63, 3.8) is 0 Å². The SMILES string of the molecule is CCCN(Cc1ncc(-c2ccc(-c3cc4ccc(-c5cnc(CN(CCC)C(=O)[C@H](NC(=O)OC)c6ccccc6)[nH]5)cc4s3)cc2)[nH]1)C(=O)CNC(=O)OC. The number of hydrogen-bond donors (Lipinski definition) is 4. The number of thiophene rings is 1. The average Bonchev–Trinajstić information content (AvgIpc) is 4.02. The number of aromatic nitrogens is 4. The van der Waals surface area contributed by atoms with Crippen LogP contribution in [0, 0.1) is 0 Å². The Morgan fingerprint density at radius 3 is 1.98 bits per heavy atom. The molecular weight excluding hydrogens is 745 g/mol. The summed E-state index contributed by atoms with van der Waals surface area (Å²) in [6.45, 7) is 5.38. The minimum atomic E-state index is -0.903. The fourth-order valence-corrected chi connectivity index (χ4v) is 7.53. The number of alkyl carbamates (subject to hydrolysis) is 2. The third-order valence-electron chi connectivity index (χ3n) is 9.30. The summed E-state index contributed by atoms with van der Waals surface area (Å²) < 4.78 is 10.5. The summed E-state index contributed by atoms with van der Waals surface area (Å²) in [4.78, 5) is 70.5. The smallest absolute Gasteiger partial charge is 0.407 e. The molecule has 4 amide bonds. The van der Waals surface area contributed by atoms with Gasteiger partial charge in [0.25, 0.3) is 0 Å². The molecule has 6 rings (SSSR count). The van der Waals surface area contributed by atoms with Crippen LogP contribution in [0.25, 0.3) is 43.0 Å². The van der Waals surface area contributed by atoms with Crippen LogP contribution in [0.1, 0.15) is 49.9 Å². The summed E-state index contributed by atoms with van der Waals surface area (Å²) in [5.74, 6) is 0.806. The maximum Gasteiger partial charge on any atom is 0.407 e. The fourth-order valence-electron chi connectivity index (χ4n) is 6.42. The zero-order chi connectivity index (χ0) is 40.3. The van der Waals surface area contributed by atoms with Crippen molar-refractivity contribution in [1.29, 1.82) is 0 Å². The van der Waals surface area contributed by atoms with E-state index in [1.54, 1.807) is 45.7 Å². The molecule has 4 N–H and O–H groups in total. The zero-order valence-electron chi connectivity index (χ0n) is 32.3. The van der Waals surface area contributed by atoms with E-state index in [9.17, 15) is 19.2 Å². The lowest BCUT2D eigenvalue weighted by Crippen LogP contribution is -2.43. The number of amides is 4. The van der Waals surface area contributed by atoms with E-state index in [0.29, 0.717) is 36.8 Å². The highest BCUT2D eigenvalue weighted by molar-refractivity contribution is 7.22. The molecule has 0 aliphatic carbocycles. The van der Waals surface area contributed by atoms with Crippen LogP contribution in [-0.4, -0.2) is 87.6 Å². The van der Waals surface area contributed by atoms with Crippen molar-refractivity contribution in [2.45, 2.75) is 45.8 Å². The van der Waals surface area contributed by atoms with Crippen molar-refractivity contribution < 1.29 is 28.7 Å². The van der Waals surface area contributed by atoms with Gasteiger partial charge < -0.3 is 39.9 Å². The molecule has 3 aromatic carbocycles. The van der Waals surface area contributed by atoms with Gasteiger partial charge in [-0.25, -0.2) is 19.6 Å². The second-order valence-electron chi connectivity index (χ2n) is 13.3. The van der Waals surface area contributed by atoms with Gasteiger partial charge in [-0.1, -0.05) is 80.6 Å². The molecule has 3 heterocycles. The van der Waals surface area contributed by atoms with Crippen molar-refractivity contribution in [2.75, 3.05) is 33.9 Å². The van der Waals surface area contributed by atoms with E-state index in [2.05, 4.69) is 71.7 Å². The Labute approximate surface area is 334 Å². The number of imidazole rings is 2. The van der Waals surface area contributed by atoms with E-state index < -0.39 is 18.2 Å². The van der Waals surface area contributed by atoms with Gasteiger partial charge in [-0.3, -0.25) is 9.59 Å². The summed E-state index contributed by atoms with van der Waals surface area (Å²) in [5.41, 5.74) is 5.35. The maximum atomic E-state index is 13.8. The normalized spacial score (nSPS) is 11.5. The Hall–Kier alpha value is -6.48. The molecular formula is C42H46N8O6S. The standard InChI is InChI=1S/C42H46N8O6S/c1-5-18-49(38(51)24-45-41(53)55-3)25-36-43-22-32(46-36)27-12-14-28(15-13-27)34-21-31-17-16-30(20-35(31)57-34)33-23-44-37(47-33)26-50(19-6-2)40(52)39(48-42(54)56-4)29-10-8-7-9-11-29/h7-17,20-23,39H,5-6,18-19,24-26H2,1-4H3,(H,43,46)(H,44,47)(H,45,53)(H,48,54)/t39-/m1/s1. The number of nitrogens with one attached hydrogen (secondary N) is 4. The number of nitrogens with zero attached hydrogens (tertiary/aromatic N) is 4. The first-order chi connectivity index (χ1) is 27.7. The minimum Gasteiger partial charge on any atom is -0.453 e. The third-order valence-corrected chi connectivity index (χ3v) is 10.4. The number of aromatic amines is 2. The van der Waals surface area contributed by atoms with Gasteiger partial charge in [-0.05, 0) is 47.1 Å². The number of carbonyl (C=O) groups excluding carboxylic acids is 4.